The summed E-state index contributed by atoms with van der Waals surface area (Å²) < 4.78 is 6.75. The van der Waals surface area contributed by atoms with Crippen molar-refractivity contribution < 1.29 is 9.53 Å². The maximum atomic E-state index is 13.1. The number of benzene rings is 2. The van der Waals surface area contributed by atoms with Crippen LogP contribution in [0.1, 0.15) is 22.8 Å². The molecular weight excluding hydrogens is 384 g/mol. The molecule has 0 radical (unpaired) electrons. The fourth-order valence-electron chi connectivity index (χ4n) is 3.41. The fraction of sp³-hybridized carbons (Fsp3) is 0.200. The molecule has 0 saturated heterocycles. The van der Waals surface area contributed by atoms with Gasteiger partial charge in [-0.15, -0.1) is 0 Å². The van der Waals surface area contributed by atoms with Crippen LogP contribution in [-0.2, 0) is 11.8 Å². The molecule has 0 fully saturated rings. The summed E-state index contributed by atoms with van der Waals surface area (Å²) in [5.74, 6) is 1.14. The second-order valence-corrected chi connectivity index (χ2v) is 7.78. The van der Waals surface area contributed by atoms with Crippen LogP contribution in [-0.4, -0.2) is 17.6 Å². The van der Waals surface area contributed by atoms with E-state index in [9.17, 15) is 9.59 Å². The Bertz CT molecular complexity index is 1070. The van der Waals surface area contributed by atoms with Gasteiger partial charge in [0.2, 0.25) is 5.91 Å². The van der Waals surface area contributed by atoms with E-state index in [1.54, 1.807) is 37.3 Å². The maximum absolute atomic E-state index is 13.1. The predicted molar refractivity (Wildman–Crippen MR) is 108 cm³/mol. The Kier molecular flexibility index (Phi) is 4.53. The van der Waals surface area contributed by atoms with Crippen molar-refractivity contribution in [3.8, 4) is 5.75 Å². The Hall–Kier alpha value is -2.57. The van der Waals surface area contributed by atoms with Crippen LogP contribution in [0.3, 0.4) is 0 Å². The Morgan fingerprint density at radius 2 is 1.89 bits per heavy atom. The number of amides is 1. The van der Waals surface area contributed by atoms with Crippen LogP contribution in [0, 0.1) is 0 Å². The van der Waals surface area contributed by atoms with E-state index < -0.39 is 0 Å². The monoisotopic (exact) mass is 400 g/mol. The molecule has 1 atom stereocenters. The molecule has 0 bridgehead atoms. The summed E-state index contributed by atoms with van der Waals surface area (Å²) in [4.78, 5) is 27.9. The van der Waals surface area contributed by atoms with E-state index >= 15 is 0 Å². The minimum Gasteiger partial charge on any atom is -0.497 e. The van der Waals surface area contributed by atoms with Crippen molar-refractivity contribution in [2.24, 2.45) is 7.05 Å². The molecule has 0 aliphatic carbocycles. The normalized spacial score (nSPS) is 16.3. The van der Waals surface area contributed by atoms with Crippen molar-refractivity contribution in [2.75, 3.05) is 12.0 Å². The molecule has 7 heteroatoms. The van der Waals surface area contributed by atoms with E-state index in [0.29, 0.717) is 16.5 Å². The number of hydrogen-bond acceptors (Lipinski definition) is 4. The maximum Gasteiger partial charge on any atom is 0.308 e. The smallest absolute Gasteiger partial charge is 0.308 e. The number of fused-ring (bicyclic) bond motifs is 1. The van der Waals surface area contributed by atoms with Gasteiger partial charge in [-0.25, -0.2) is 0 Å². The molecule has 0 spiro atoms. The Labute approximate surface area is 165 Å². The van der Waals surface area contributed by atoms with Crippen LogP contribution >= 0.6 is 22.9 Å². The first-order chi connectivity index (χ1) is 13.0. The number of ether oxygens (including phenoxy) is 1. The summed E-state index contributed by atoms with van der Waals surface area (Å²) in [5.41, 5.74) is 1.65. The van der Waals surface area contributed by atoms with Gasteiger partial charge >= 0.3 is 4.87 Å². The van der Waals surface area contributed by atoms with Gasteiger partial charge in [0.05, 0.1) is 17.7 Å². The van der Waals surface area contributed by atoms with E-state index in [-0.39, 0.29) is 23.1 Å². The highest BCUT2D eigenvalue weighted by atomic mass is 35.5. The second kappa shape index (κ2) is 6.87. The minimum absolute atomic E-state index is 0.0704. The van der Waals surface area contributed by atoms with Gasteiger partial charge < -0.3 is 4.74 Å². The van der Waals surface area contributed by atoms with Crippen LogP contribution < -0.4 is 14.5 Å². The van der Waals surface area contributed by atoms with Crippen LogP contribution in [0.15, 0.2) is 53.3 Å². The number of nitrogens with zero attached hydrogens (tertiary/aromatic N) is 2. The van der Waals surface area contributed by atoms with Gasteiger partial charge in [-0.3, -0.25) is 19.1 Å². The lowest BCUT2D eigenvalue weighted by Gasteiger charge is -2.32. The molecule has 1 amide bonds. The number of anilines is 2. The highest BCUT2D eigenvalue weighted by Crippen LogP contribution is 2.44. The van der Waals surface area contributed by atoms with Crippen molar-refractivity contribution in [3.05, 3.63) is 73.7 Å². The number of rotatable bonds is 3. The number of halogens is 1. The molecule has 4 rings (SSSR count). The molecule has 3 aromatic rings. The first-order valence-electron chi connectivity index (χ1n) is 8.41. The van der Waals surface area contributed by atoms with Crippen LogP contribution in [0.25, 0.3) is 0 Å². The zero-order chi connectivity index (χ0) is 19.1. The topological polar surface area (TPSA) is 51.5 Å². The van der Waals surface area contributed by atoms with Crippen molar-refractivity contribution >= 4 is 40.4 Å². The predicted octanol–water partition coefficient (Wildman–Crippen LogP) is 4.31. The third kappa shape index (κ3) is 3.05. The number of carbonyl (C=O) groups is 1. The van der Waals surface area contributed by atoms with Crippen LogP contribution in [0.2, 0.25) is 5.02 Å². The quantitative estimate of drug-likeness (QED) is 0.658. The van der Waals surface area contributed by atoms with Gasteiger partial charge in [-0.05, 0) is 35.9 Å². The van der Waals surface area contributed by atoms with E-state index in [1.807, 2.05) is 30.3 Å². The lowest BCUT2D eigenvalue weighted by Crippen LogP contribution is -2.34. The zero-order valence-corrected chi connectivity index (χ0v) is 16.4. The van der Waals surface area contributed by atoms with E-state index in [2.05, 4.69) is 0 Å². The molecule has 1 unspecified atom stereocenters. The highest BCUT2D eigenvalue weighted by molar-refractivity contribution is 7.10. The molecule has 1 aliphatic heterocycles. The van der Waals surface area contributed by atoms with Crippen LogP contribution in [0.4, 0.5) is 11.5 Å². The number of hydrogen-bond donors (Lipinski definition) is 0. The summed E-state index contributed by atoms with van der Waals surface area (Å²) in [6.45, 7) is 0. The van der Waals surface area contributed by atoms with Gasteiger partial charge in [0.15, 0.2) is 0 Å². The molecular formula is C20H17ClN2O3S. The van der Waals surface area contributed by atoms with Gasteiger partial charge in [0, 0.05) is 24.4 Å². The Balaban J connectivity index is 1.86. The molecule has 1 aromatic heterocycles. The second-order valence-electron chi connectivity index (χ2n) is 6.35. The Morgan fingerprint density at radius 3 is 2.56 bits per heavy atom. The first-order valence-corrected chi connectivity index (χ1v) is 9.61. The van der Waals surface area contributed by atoms with Crippen molar-refractivity contribution in [1.82, 2.24) is 4.57 Å². The van der Waals surface area contributed by atoms with Gasteiger partial charge in [-0.2, -0.15) is 0 Å². The highest BCUT2D eigenvalue weighted by Gasteiger charge is 2.37. The summed E-state index contributed by atoms with van der Waals surface area (Å²) in [5, 5.41) is 0.541. The third-order valence-electron chi connectivity index (χ3n) is 4.75. The fourth-order valence-corrected chi connectivity index (χ4v) is 4.69. The number of thiazole rings is 1. The molecule has 5 nitrogen and oxygen atoms in total. The van der Waals surface area contributed by atoms with E-state index in [1.165, 1.54) is 15.9 Å². The van der Waals surface area contributed by atoms with Gasteiger partial charge in [0.25, 0.3) is 0 Å². The molecule has 0 saturated carbocycles. The standard InChI is InChI=1S/C20H17ClN2O3S/c1-22-19-18(27-20(22)25)16(12-6-8-15(26-2)9-7-12)11-17(24)23(19)14-5-3-4-13(21)10-14/h3-10,16H,11H2,1-2H3. The lowest BCUT2D eigenvalue weighted by molar-refractivity contribution is -0.118. The average molecular weight is 401 g/mol. The third-order valence-corrected chi connectivity index (χ3v) is 6.12. The van der Waals surface area contributed by atoms with E-state index in [0.717, 1.165) is 16.2 Å². The van der Waals surface area contributed by atoms with Crippen molar-refractivity contribution in [1.29, 1.82) is 0 Å². The molecule has 138 valence electrons. The molecule has 27 heavy (non-hydrogen) atoms. The minimum atomic E-state index is -0.159. The summed E-state index contributed by atoms with van der Waals surface area (Å²) in [6.07, 6.45) is 0.284. The molecule has 0 N–H and O–H groups in total. The van der Waals surface area contributed by atoms with Crippen molar-refractivity contribution in [3.63, 3.8) is 0 Å². The number of aromatic nitrogens is 1. The molecule has 2 aromatic carbocycles. The Morgan fingerprint density at radius 1 is 1.15 bits per heavy atom. The van der Waals surface area contributed by atoms with Crippen molar-refractivity contribution in [2.45, 2.75) is 12.3 Å². The summed E-state index contributed by atoms with van der Waals surface area (Å²) >= 11 is 7.30. The van der Waals surface area contributed by atoms with E-state index in [4.69, 9.17) is 16.3 Å². The summed E-state index contributed by atoms with van der Waals surface area (Å²) in [6, 6.07) is 14.7. The number of methoxy groups -OCH3 is 1. The average Bonchev–Trinajstić information content (AvgIpc) is 2.96. The first kappa shape index (κ1) is 17.8. The molecule has 1 aliphatic rings. The van der Waals surface area contributed by atoms with Gasteiger partial charge in [-0.1, -0.05) is 41.1 Å². The number of carbonyl (C=O) groups excluding carboxylic acids is 1. The van der Waals surface area contributed by atoms with Crippen LogP contribution in [0.5, 0.6) is 5.75 Å². The zero-order valence-electron chi connectivity index (χ0n) is 14.8. The summed E-state index contributed by atoms with van der Waals surface area (Å²) in [7, 11) is 3.31. The van der Waals surface area contributed by atoms with Gasteiger partial charge in [0.1, 0.15) is 11.6 Å². The molecule has 2 heterocycles. The lowest BCUT2D eigenvalue weighted by atomic mass is 9.90. The SMILES string of the molecule is COc1ccc(C2CC(=O)N(c3cccc(Cl)c3)c3c2sc(=O)n3C)cc1. The largest absolute Gasteiger partial charge is 0.497 e.